The highest BCUT2D eigenvalue weighted by molar-refractivity contribution is 6.17. The van der Waals surface area contributed by atoms with Gasteiger partial charge in [-0.15, -0.1) is 0 Å². The second-order valence-electron chi connectivity index (χ2n) is 39.2. The number of nitrogens with zero attached hydrogens (tertiary/aromatic N) is 6. The lowest BCUT2D eigenvalue weighted by atomic mass is 9.93. The lowest BCUT2D eigenvalue weighted by molar-refractivity contribution is -0.117. The second kappa shape index (κ2) is 50.6. The highest BCUT2D eigenvalue weighted by Gasteiger charge is 2.39. The highest BCUT2D eigenvalue weighted by Crippen LogP contribution is 2.46. The fourth-order valence-electron chi connectivity index (χ4n) is 22.6. The number of hydrogen-bond donors (Lipinski definition) is 6. The Morgan fingerprint density at radius 2 is 0.407 bits per heavy atom. The molecule has 6 N–H and O–H groups in total. The van der Waals surface area contributed by atoms with Gasteiger partial charge in [-0.2, -0.15) is 0 Å². The molecule has 9 aliphatic heterocycles. The molecule has 18 heteroatoms. The Kier molecular flexibility index (Phi) is 39.0. The van der Waals surface area contributed by atoms with E-state index < -0.39 is 5.41 Å². The third-order valence-electron chi connectivity index (χ3n) is 29.1. The van der Waals surface area contributed by atoms with Crippen molar-refractivity contribution in [3.8, 4) is 0 Å². The molecular formula is C122H168N12O6. The van der Waals surface area contributed by atoms with E-state index >= 15 is 0 Å². The number of aromatic amines is 3. The number of carbonyl (C=O) groups is 3. The molecule has 18 nitrogen and oxygen atoms in total. The Hall–Kier alpha value is -11.0. The van der Waals surface area contributed by atoms with Crippen molar-refractivity contribution in [1.29, 1.82) is 0 Å². The molecule has 0 atom stereocenters. The zero-order valence-corrected chi connectivity index (χ0v) is 90.4. The number of carbonyl (C=O) groups excluding carboxylic acids is 3. The van der Waals surface area contributed by atoms with Crippen molar-refractivity contribution in [2.75, 3.05) is 19.8 Å². The maximum absolute atomic E-state index is 13.5. The maximum Gasteiger partial charge on any atom is 0.251 e. The molecule has 0 radical (unpaired) electrons. The number of hydrogen-bond acceptors (Lipinski definition) is 12. The predicted octanol–water partition coefficient (Wildman–Crippen LogP) is 30.9. The van der Waals surface area contributed by atoms with E-state index in [2.05, 4.69) is 259 Å². The van der Waals surface area contributed by atoms with Crippen LogP contribution in [-0.2, 0) is 67.1 Å². The first-order chi connectivity index (χ1) is 67.9. The molecule has 140 heavy (non-hydrogen) atoms. The molecular weight excluding hydrogens is 1730 g/mol. The number of aromatic nitrogens is 3. The van der Waals surface area contributed by atoms with Gasteiger partial charge >= 0.3 is 0 Å². The van der Waals surface area contributed by atoms with Gasteiger partial charge in [-0.1, -0.05) is 243 Å². The number of amides is 3. The average Bonchev–Trinajstić information content (AvgIpc) is 1.63. The summed E-state index contributed by atoms with van der Waals surface area (Å²) in [5.41, 5.74) is 44.9. The molecule has 0 unspecified atom stereocenters. The van der Waals surface area contributed by atoms with Crippen molar-refractivity contribution in [3.05, 3.63) is 237 Å². The van der Waals surface area contributed by atoms with E-state index in [0.29, 0.717) is 17.7 Å². The Labute approximate surface area is 840 Å². The Bertz CT molecular complexity index is 5470. The minimum Gasteiger partial charge on any atom is -0.477 e. The quantitative estimate of drug-likeness (QED) is 0.0321. The van der Waals surface area contributed by atoms with E-state index in [1.54, 1.807) is 0 Å². The summed E-state index contributed by atoms with van der Waals surface area (Å²) in [4.78, 5) is 85.8. The molecule has 0 spiro atoms. The molecule has 0 aliphatic carbocycles. The summed E-state index contributed by atoms with van der Waals surface area (Å²) in [7, 11) is 0. The number of H-pyrrole nitrogens is 3. The first-order valence-corrected chi connectivity index (χ1v) is 55.0. The first-order valence-electron chi connectivity index (χ1n) is 55.0. The van der Waals surface area contributed by atoms with E-state index in [1.165, 1.54) is 83.5 Å². The first kappa shape index (κ1) is 108. The van der Waals surface area contributed by atoms with E-state index in [1.807, 2.05) is 0 Å². The van der Waals surface area contributed by atoms with Gasteiger partial charge < -0.3 is 45.1 Å². The summed E-state index contributed by atoms with van der Waals surface area (Å²) in [6, 6.07) is 0. The molecule has 3 aromatic rings. The molecule has 3 aromatic heterocycles. The van der Waals surface area contributed by atoms with Gasteiger partial charge in [0.05, 0.1) is 56.7 Å². The molecule has 0 saturated carbocycles. The lowest BCUT2D eigenvalue weighted by Gasteiger charge is -2.30. The monoisotopic (exact) mass is 1900 g/mol. The van der Waals surface area contributed by atoms with Crippen molar-refractivity contribution in [1.82, 2.24) is 30.9 Å². The number of ether oxygens (including phenoxy) is 3. The number of aliphatic imine (C=N–C) groups is 6. The zero-order chi connectivity index (χ0) is 101. The molecule has 12 heterocycles. The van der Waals surface area contributed by atoms with Crippen LogP contribution in [0.5, 0.6) is 0 Å². The van der Waals surface area contributed by atoms with Crippen LogP contribution in [0, 0.1) is 5.41 Å². The molecule has 752 valence electrons. The molecule has 3 amide bonds. The topological polar surface area (TPSA) is 237 Å². The van der Waals surface area contributed by atoms with E-state index in [0.717, 1.165) is 384 Å². The summed E-state index contributed by atoms with van der Waals surface area (Å²) in [5, 5.41) is 9.76. The van der Waals surface area contributed by atoms with E-state index in [4.69, 9.17) is 44.2 Å². The third kappa shape index (κ3) is 23.2. The van der Waals surface area contributed by atoms with Crippen LogP contribution in [-0.4, -0.2) is 87.3 Å². The normalized spacial score (nSPS) is 19.8. The molecule has 9 aliphatic rings. The summed E-state index contributed by atoms with van der Waals surface area (Å²) < 4.78 is 22.4. The molecule has 0 bridgehead atoms. The number of rotatable bonds is 51. The van der Waals surface area contributed by atoms with Crippen LogP contribution in [0.1, 0.15) is 433 Å². The van der Waals surface area contributed by atoms with Crippen LogP contribution in [0.15, 0.2) is 200 Å². The van der Waals surface area contributed by atoms with Gasteiger partial charge in [-0.05, 0) is 316 Å². The molecule has 0 saturated heterocycles. The van der Waals surface area contributed by atoms with Gasteiger partial charge in [0.25, 0.3) is 17.7 Å². The largest absolute Gasteiger partial charge is 0.477 e. The fraction of sp³-hybridized carbons (Fsp3) is 0.533. The standard InChI is InChI=1S/C122H168N12O6/c1-26-50-86-74(38-13)98(123-110(86)65-104-80(44-19)92(56-32-7)116(135)129-104)62-101-77(41-16)89(53-29-4)113(126-101)68-107-83(47-22)95(59-35-10)119(132-107)138-71-122(25,72-139-120-96(60-36-11)84(48-23)108(133-120)69-114-90(54-30-5)78(42-17)102(127-114)63-99-75(39-14)87(51-27-2)111(124-99)66-105-81(45-20)93(57-33-8)117(136)130-105)73-140-121-97(61-37-12)85(49-24)109(134-121)70-115-91(55-31-6)79(43-18)103(128-115)64-100-76(40-15)88(52-28-3)112(125-100)67-106-82(46-21)94(58-34-9)118(137)131-106/h62-70,126-128H,26-61,71-73H2,1-25H3,(H,129,135)(H,130,136)(H,131,137)/b98-62-,99-63-,100-64-,104-65-,105-66-,106-67-,107-68-,108-69+,109-70+. The van der Waals surface area contributed by atoms with E-state index in [9.17, 15) is 14.4 Å². The SMILES string of the molecule is CCCC1=C(CC)/C(=C/c2[nH]c(/C=C3\N=C(OCC(C)(COC4=N/C(=C/c5[nH]c(/C=C6N=C(/C=C7\NC(=O)C(CCC)=C7CC)C(CCC)=C\6CC)c(CC)c5CCC)C(CC)=C4CCC)COC4=N/C(=C/c5[nH]c(/C=C6N=C(/C=C7\NC(=O)C(CCC)=C7CC)C(CCC)=C\6CC)c(CC)c5CCC)C(CC)=C4CCC)C(CCC)=C3CC)c(CCC)c2CC)N=C1/C=C1\NC(=O)C(CCC)=C1CC. The fourth-order valence-corrected chi connectivity index (χ4v) is 22.6. The van der Waals surface area contributed by atoms with E-state index in [-0.39, 0.29) is 37.5 Å². The summed E-state index contributed by atoms with van der Waals surface area (Å²) >= 11 is 0. The van der Waals surface area contributed by atoms with Gasteiger partial charge in [0.1, 0.15) is 19.8 Å². The Balaban J connectivity index is 0.950. The number of nitrogens with one attached hydrogen (secondary N) is 6. The summed E-state index contributed by atoms with van der Waals surface area (Å²) in [5.74, 6) is 1.96. The third-order valence-corrected chi connectivity index (χ3v) is 29.1. The summed E-state index contributed by atoms with van der Waals surface area (Å²) in [6.07, 6.45) is 51.1. The van der Waals surface area contributed by atoms with Crippen LogP contribution >= 0.6 is 0 Å². The summed E-state index contributed by atoms with van der Waals surface area (Å²) in [6.45, 7) is 56.3. The minimum atomic E-state index is -0.819. The Morgan fingerprint density at radius 3 is 0.614 bits per heavy atom. The maximum atomic E-state index is 13.5. The second-order valence-corrected chi connectivity index (χ2v) is 39.2. The van der Waals surface area contributed by atoms with Crippen LogP contribution < -0.4 is 16.0 Å². The lowest BCUT2D eigenvalue weighted by Crippen LogP contribution is -2.37. The van der Waals surface area contributed by atoms with Crippen molar-refractivity contribution in [3.63, 3.8) is 0 Å². The van der Waals surface area contributed by atoms with Gasteiger partial charge in [0, 0.05) is 84.7 Å². The van der Waals surface area contributed by atoms with Crippen LogP contribution in [0.2, 0.25) is 0 Å². The van der Waals surface area contributed by atoms with Gasteiger partial charge in [0.2, 0.25) is 17.7 Å². The number of allylic oxidation sites excluding steroid dienone is 15. The Morgan fingerprint density at radius 1 is 0.214 bits per heavy atom. The van der Waals surface area contributed by atoms with Crippen molar-refractivity contribution >= 4 is 89.0 Å². The predicted molar refractivity (Wildman–Crippen MR) is 590 cm³/mol. The van der Waals surface area contributed by atoms with Gasteiger partial charge in [-0.25, -0.2) is 30.0 Å². The van der Waals surface area contributed by atoms with Crippen molar-refractivity contribution < 1.29 is 28.6 Å². The van der Waals surface area contributed by atoms with Crippen molar-refractivity contribution in [2.45, 2.75) is 404 Å². The molecule has 0 aromatic carbocycles. The van der Waals surface area contributed by atoms with Crippen LogP contribution in [0.4, 0.5) is 0 Å². The smallest absolute Gasteiger partial charge is 0.251 e. The zero-order valence-electron chi connectivity index (χ0n) is 90.4. The molecule has 0 fully saturated rings. The van der Waals surface area contributed by atoms with Crippen LogP contribution in [0.3, 0.4) is 0 Å². The molecule has 12 rings (SSSR count). The van der Waals surface area contributed by atoms with Gasteiger partial charge in [0.15, 0.2) is 0 Å². The van der Waals surface area contributed by atoms with Gasteiger partial charge in [-0.3, -0.25) is 14.4 Å². The average molecular weight is 1900 g/mol. The highest BCUT2D eigenvalue weighted by atomic mass is 16.5. The van der Waals surface area contributed by atoms with Crippen molar-refractivity contribution in [2.24, 2.45) is 35.4 Å². The van der Waals surface area contributed by atoms with Crippen LogP contribution in [0.25, 0.3) is 36.5 Å². The minimum absolute atomic E-state index is 0.0179.